The van der Waals surface area contributed by atoms with Gasteiger partial charge in [-0.25, -0.2) is 13.2 Å². The topological polar surface area (TPSA) is 92.8 Å². The van der Waals surface area contributed by atoms with Crippen molar-refractivity contribution >= 4 is 38.9 Å². The first kappa shape index (κ1) is 20.1. The number of nitrogens with one attached hydrogen (secondary N) is 1. The fourth-order valence-electron chi connectivity index (χ4n) is 2.22. The largest absolute Gasteiger partial charge is 0.451 e. The quantitative estimate of drug-likeness (QED) is 0.692. The molecule has 0 bridgehead atoms. The third kappa shape index (κ3) is 4.90. The molecule has 2 rings (SSSR count). The number of thiophene rings is 1. The molecule has 26 heavy (non-hydrogen) atoms. The van der Waals surface area contributed by atoms with Gasteiger partial charge in [0.2, 0.25) is 10.0 Å². The first-order valence-electron chi connectivity index (χ1n) is 7.99. The summed E-state index contributed by atoms with van der Waals surface area (Å²) >= 11 is 1.23. The van der Waals surface area contributed by atoms with Crippen molar-refractivity contribution in [3.8, 4) is 0 Å². The summed E-state index contributed by atoms with van der Waals surface area (Å²) in [7, 11) is -3.54. The van der Waals surface area contributed by atoms with Crippen LogP contribution in [0.4, 0.5) is 5.69 Å². The van der Waals surface area contributed by atoms with E-state index in [4.69, 9.17) is 4.74 Å². The van der Waals surface area contributed by atoms with E-state index in [1.165, 1.54) is 39.9 Å². The van der Waals surface area contributed by atoms with Crippen LogP contribution < -0.4 is 5.32 Å². The van der Waals surface area contributed by atoms with Crippen molar-refractivity contribution in [2.45, 2.75) is 18.7 Å². The number of rotatable bonds is 8. The average Bonchev–Trinajstić information content (AvgIpc) is 3.16. The molecule has 0 unspecified atom stereocenters. The van der Waals surface area contributed by atoms with Crippen molar-refractivity contribution in [2.75, 3.05) is 25.0 Å². The van der Waals surface area contributed by atoms with Crippen molar-refractivity contribution in [1.29, 1.82) is 0 Å². The zero-order valence-corrected chi connectivity index (χ0v) is 16.1. The molecule has 1 heterocycles. The van der Waals surface area contributed by atoms with E-state index in [-0.39, 0.29) is 4.90 Å². The molecule has 0 spiro atoms. The first-order chi connectivity index (χ1) is 12.4. The Kier molecular flexibility index (Phi) is 6.90. The fraction of sp³-hybridized carbons (Fsp3) is 0.294. The summed E-state index contributed by atoms with van der Waals surface area (Å²) in [6, 6.07) is 9.18. The molecule has 1 amide bonds. The Hall–Kier alpha value is -2.23. The van der Waals surface area contributed by atoms with Crippen LogP contribution in [0.5, 0.6) is 0 Å². The average molecular weight is 396 g/mol. The van der Waals surface area contributed by atoms with Gasteiger partial charge in [0, 0.05) is 18.8 Å². The number of hydrogen-bond acceptors (Lipinski definition) is 6. The standard InChI is InChI=1S/C17H20N2O5S2/c1-3-19(4-2)26(22,23)14-9-7-13(8-10-14)18-16(20)12-24-17(21)15-6-5-11-25-15/h5-11H,3-4,12H2,1-2H3,(H,18,20). The van der Waals surface area contributed by atoms with Gasteiger partial charge < -0.3 is 10.1 Å². The zero-order chi connectivity index (χ0) is 19.2. The maximum absolute atomic E-state index is 12.4. The minimum Gasteiger partial charge on any atom is -0.451 e. The molecule has 0 radical (unpaired) electrons. The summed E-state index contributed by atoms with van der Waals surface area (Å²) in [6.45, 7) is 3.89. The minimum absolute atomic E-state index is 0.156. The Labute approximate surface area is 156 Å². The molecule has 1 aromatic heterocycles. The van der Waals surface area contributed by atoms with Crippen LogP contribution in [-0.4, -0.2) is 44.3 Å². The molecule has 0 saturated carbocycles. The predicted molar refractivity (Wildman–Crippen MR) is 99.8 cm³/mol. The highest BCUT2D eigenvalue weighted by molar-refractivity contribution is 7.89. The lowest BCUT2D eigenvalue weighted by Crippen LogP contribution is -2.30. The number of esters is 1. The van der Waals surface area contributed by atoms with Gasteiger partial charge in [-0.05, 0) is 35.7 Å². The molecule has 2 aromatic rings. The van der Waals surface area contributed by atoms with Crippen LogP contribution in [0, 0.1) is 0 Å². The molecule has 0 atom stereocenters. The molecular formula is C17H20N2O5S2. The van der Waals surface area contributed by atoms with Crippen molar-refractivity contribution in [3.63, 3.8) is 0 Å². The Bertz CT molecular complexity index is 842. The Morgan fingerprint density at radius 1 is 1.12 bits per heavy atom. The lowest BCUT2D eigenvalue weighted by Gasteiger charge is -2.18. The van der Waals surface area contributed by atoms with Gasteiger partial charge in [-0.1, -0.05) is 19.9 Å². The number of hydrogen-bond donors (Lipinski definition) is 1. The number of benzene rings is 1. The lowest BCUT2D eigenvalue weighted by molar-refractivity contribution is -0.119. The summed E-state index contributed by atoms with van der Waals surface area (Å²) in [4.78, 5) is 24.1. The van der Waals surface area contributed by atoms with E-state index in [1.807, 2.05) is 0 Å². The van der Waals surface area contributed by atoms with E-state index in [0.29, 0.717) is 23.7 Å². The monoisotopic (exact) mass is 396 g/mol. The number of carbonyl (C=O) groups is 2. The van der Waals surface area contributed by atoms with Crippen LogP contribution in [0.25, 0.3) is 0 Å². The number of sulfonamides is 1. The van der Waals surface area contributed by atoms with Crippen molar-refractivity contribution in [1.82, 2.24) is 4.31 Å². The molecule has 140 valence electrons. The van der Waals surface area contributed by atoms with E-state index in [2.05, 4.69) is 5.32 Å². The van der Waals surface area contributed by atoms with E-state index in [1.54, 1.807) is 31.4 Å². The molecule has 0 aliphatic carbocycles. The van der Waals surface area contributed by atoms with Crippen LogP contribution >= 0.6 is 11.3 Å². The van der Waals surface area contributed by atoms with Gasteiger partial charge in [0.1, 0.15) is 4.88 Å². The smallest absolute Gasteiger partial charge is 0.348 e. The van der Waals surface area contributed by atoms with Gasteiger partial charge in [0.05, 0.1) is 4.90 Å². The maximum Gasteiger partial charge on any atom is 0.348 e. The highest BCUT2D eigenvalue weighted by Gasteiger charge is 2.21. The minimum atomic E-state index is -3.54. The number of carbonyl (C=O) groups excluding carboxylic acids is 2. The second kappa shape index (κ2) is 8.93. The van der Waals surface area contributed by atoms with Gasteiger partial charge >= 0.3 is 5.97 Å². The molecule has 7 nitrogen and oxygen atoms in total. The van der Waals surface area contributed by atoms with Gasteiger partial charge in [-0.2, -0.15) is 4.31 Å². The molecular weight excluding hydrogens is 376 g/mol. The van der Waals surface area contributed by atoms with Gasteiger partial charge in [-0.15, -0.1) is 11.3 Å². The van der Waals surface area contributed by atoms with Crippen molar-refractivity contribution in [3.05, 3.63) is 46.7 Å². The molecule has 1 N–H and O–H groups in total. The molecule has 0 aliphatic heterocycles. The zero-order valence-electron chi connectivity index (χ0n) is 14.5. The molecule has 9 heteroatoms. The van der Waals surface area contributed by atoms with E-state index in [9.17, 15) is 18.0 Å². The van der Waals surface area contributed by atoms with Gasteiger partial charge in [0.15, 0.2) is 6.61 Å². The summed E-state index contributed by atoms with van der Waals surface area (Å²) < 4.78 is 31.1. The van der Waals surface area contributed by atoms with Crippen molar-refractivity contribution < 1.29 is 22.7 Å². The second-order valence-corrected chi connectivity index (χ2v) is 8.10. The first-order valence-corrected chi connectivity index (χ1v) is 10.3. The Balaban J connectivity index is 1.94. The maximum atomic E-state index is 12.4. The highest BCUT2D eigenvalue weighted by Crippen LogP contribution is 2.18. The van der Waals surface area contributed by atoms with Crippen molar-refractivity contribution in [2.24, 2.45) is 0 Å². The van der Waals surface area contributed by atoms with Crippen LogP contribution in [0.15, 0.2) is 46.7 Å². The summed E-state index contributed by atoms with van der Waals surface area (Å²) in [6.07, 6.45) is 0. The third-order valence-electron chi connectivity index (χ3n) is 3.54. The van der Waals surface area contributed by atoms with E-state index < -0.39 is 28.5 Å². The summed E-state index contributed by atoms with van der Waals surface area (Å²) in [5.74, 6) is -1.06. The van der Waals surface area contributed by atoms with E-state index >= 15 is 0 Å². The number of nitrogens with zero attached hydrogens (tertiary/aromatic N) is 1. The Morgan fingerprint density at radius 2 is 1.77 bits per heavy atom. The molecule has 0 fully saturated rings. The molecule has 0 aliphatic rings. The molecule has 1 aromatic carbocycles. The lowest BCUT2D eigenvalue weighted by atomic mass is 10.3. The fourth-order valence-corrected chi connectivity index (χ4v) is 4.29. The van der Waals surface area contributed by atoms with Gasteiger partial charge in [-0.3, -0.25) is 4.79 Å². The van der Waals surface area contributed by atoms with Crippen LogP contribution in [-0.2, 0) is 19.6 Å². The van der Waals surface area contributed by atoms with Gasteiger partial charge in [0.25, 0.3) is 5.91 Å². The van der Waals surface area contributed by atoms with Crippen LogP contribution in [0.2, 0.25) is 0 Å². The summed E-state index contributed by atoms with van der Waals surface area (Å²) in [5.41, 5.74) is 0.417. The predicted octanol–water partition coefficient (Wildman–Crippen LogP) is 2.57. The Morgan fingerprint density at radius 3 is 2.31 bits per heavy atom. The van der Waals surface area contributed by atoms with E-state index in [0.717, 1.165) is 0 Å². The molecule has 0 saturated heterocycles. The SMILES string of the molecule is CCN(CC)S(=O)(=O)c1ccc(NC(=O)COC(=O)c2cccs2)cc1. The normalized spacial score (nSPS) is 11.3. The number of anilines is 1. The number of amides is 1. The summed E-state index contributed by atoms with van der Waals surface area (Å²) in [5, 5.41) is 4.30. The van der Waals surface area contributed by atoms with Crippen LogP contribution in [0.3, 0.4) is 0 Å². The van der Waals surface area contributed by atoms with Crippen LogP contribution in [0.1, 0.15) is 23.5 Å². The second-order valence-electron chi connectivity index (χ2n) is 5.22. The third-order valence-corrected chi connectivity index (χ3v) is 6.45. The number of ether oxygens (including phenoxy) is 1. The highest BCUT2D eigenvalue weighted by atomic mass is 32.2.